The zero-order chi connectivity index (χ0) is 7.24. The van der Waals surface area contributed by atoms with Gasteiger partial charge in [0, 0.05) is 27.1 Å². The average Bonchev–Trinajstić information content (AvgIpc) is 2.40. The predicted molar refractivity (Wildman–Crippen MR) is 39.4 cm³/mol. The standard InChI is InChI=1S/C7H12O3.H3N/c1-8-6-3-4-7(5-6,9-2)10-6;/h3-5H2,1-2H3;1H3. The lowest BCUT2D eigenvalue weighted by Crippen LogP contribution is -2.53. The van der Waals surface area contributed by atoms with Gasteiger partial charge in [-0.1, -0.05) is 0 Å². The number of methoxy groups -OCH3 is 2. The van der Waals surface area contributed by atoms with Crippen LogP contribution < -0.4 is 6.15 Å². The summed E-state index contributed by atoms with van der Waals surface area (Å²) < 4.78 is 15.9. The molecule has 2 unspecified atom stereocenters. The van der Waals surface area contributed by atoms with Gasteiger partial charge in [0.05, 0.1) is 6.42 Å². The highest BCUT2D eigenvalue weighted by atomic mass is 16.8. The van der Waals surface area contributed by atoms with Crippen molar-refractivity contribution < 1.29 is 14.2 Å². The Balaban J connectivity index is 0.000000605. The lowest BCUT2D eigenvalue weighted by atomic mass is 10.1. The normalized spacial score (nSPS) is 46.4. The zero-order valence-corrected chi connectivity index (χ0v) is 7.05. The van der Waals surface area contributed by atoms with Crippen molar-refractivity contribution in [2.45, 2.75) is 30.8 Å². The maximum atomic E-state index is 5.48. The van der Waals surface area contributed by atoms with Crippen molar-refractivity contribution in [3.63, 3.8) is 0 Å². The maximum Gasteiger partial charge on any atom is 0.176 e. The van der Waals surface area contributed by atoms with Crippen LogP contribution in [0.1, 0.15) is 19.3 Å². The van der Waals surface area contributed by atoms with Crippen LogP contribution in [0, 0.1) is 0 Å². The predicted octanol–water partition coefficient (Wildman–Crippen LogP) is 1.05. The molecule has 11 heavy (non-hydrogen) atoms. The van der Waals surface area contributed by atoms with E-state index in [9.17, 15) is 0 Å². The molecule has 0 aromatic carbocycles. The Morgan fingerprint density at radius 3 is 1.64 bits per heavy atom. The summed E-state index contributed by atoms with van der Waals surface area (Å²) in [5.74, 6) is -0.563. The third kappa shape index (κ3) is 0.980. The van der Waals surface area contributed by atoms with Crippen molar-refractivity contribution in [3.05, 3.63) is 0 Å². The van der Waals surface area contributed by atoms with E-state index in [0.717, 1.165) is 19.3 Å². The summed E-state index contributed by atoms with van der Waals surface area (Å²) in [6.45, 7) is 0. The maximum absolute atomic E-state index is 5.48. The van der Waals surface area contributed by atoms with Gasteiger partial charge < -0.3 is 20.4 Å². The molecule has 2 bridgehead atoms. The van der Waals surface area contributed by atoms with Crippen LogP contribution in [-0.2, 0) is 14.2 Å². The van der Waals surface area contributed by atoms with Crippen molar-refractivity contribution in [3.8, 4) is 0 Å². The first-order valence-electron chi connectivity index (χ1n) is 3.55. The Morgan fingerprint density at radius 2 is 1.45 bits per heavy atom. The molecule has 0 amide bonds. The summed E-state index contributed by atoms with van der Waals surface area (Å²) in [6.07, 6.45) is 2.84. The van der Waals surface area contributed by atoms with Crippen molar-refractivity contribution in [2.24, 2.45) is 0 Å². The lowest BCUT2D eigenvalue weighted by Gasteiger charge is -2.44. The van der Waals surface area contributed by atoms with Crippen LogP contribution in [0.3, 0.4) is 0 Å². The summed E-state index contributed by atoms with van der Waals surface area (Å²) in [5, 5.41) is 0. The molecule has 0 aromatic rings. The van der Waals surface area contributed by atoms with Gasteiger partial charge in [-0.2, -0.15) is 0 Å². The molecule has 0 aromatic heterocycles. The molecule has 2 heterocycles. The fourth-order valence-corrected chi connectivity index (χ4v) is 1.83. The molecule has 1 aliphatic carbocycles. The van der Waals surface area contributed by atoms with E-state index in [4.69, 9.17) is 14.2 Å². The monoisotopic (exact) mass is 161 g/mol. The van der Waals surface area contributed by atoms with Crippen molar-refractivity contribution >= 4 is 0 Å². The van der Waals surface area contributed by atoms with E-state index >= 15 is 0 Å². The summed E-state index contributed by atoms with van der Waals surface area (Å²) in [6, 6.07) is 0. The molecular weight excluding hydrogens is 146 g/mol. The molecule has 2 aliphatic heterocycles. The second kappa shape index (κ2) is 2.42. The van der Waals surface area contributed by atoms with E-state index in [2.05, 4.69) is 0 Å². The van der Waals surface area contributed by atoms with Gasteiger partial charge in [0.1, 0.15) is 0 Å². The molecule has 1 saturated carbocycles. The zero-order valence-electron chi connectivity index (χ0n) is 7.05. The van der Waals surface area contributed by atoms with Crippen LogP contribution in [-0.4, -0.2) is 25.8 Å². The highest BCUT2D eigenvalue weighted by Gasteiger charge is 2.64. The average molecular weight is 161 g/mol. The van der Waals surface area contributed by atoms with Crippen LogP contribution in [0.5, 0.6) is 0 Å². The number of rotatable bonds is 2. The number of ether oxygens (including phenoxy) is 3. The Kier molecular flexibility index (Phi) is 1.96. The Labute approximate surface area is 66.4 Å². The van der Waals surface area contributed by atoms with Crippen LogP contribution in [0.25, 0.3) is 0 Å². The Morgan fingerprint density at radius 1 is 1.09 bits per heavy atom. The van der Waals surface area contributed by atoms with E-state index in [1.165, 1.54) is 0 Å². The summed E-state index contributed by atoms with van der Waals surface area (Å²) >= 11 is 0. The van der Waals surface area contributed by atoms with Gasteiger partial charge in [0.25, 0.3) is 0 Å². The van der Waals surface area contributed by atoms with Crippen LogP contribution in [0.15, 0.2) is 0 Å². The van der Waals surface area contributed by atoms with Gasteiger partial charge in [-0.3, -0.25) is 0 Å². The van der Waals surface area contributed by atoms with Crippen molar-refractivity contribution in [1.82, 2.24) is 6.15 Å². The molecule has 2 atom stereocenters. The van der Waals surface area contributed by atoms with Gasteiger partial charge in [-0.15, -0.1) is 0 Å². The molecule has 2 saturated heterocycles. The van der Waals surface area contributed by atoms with E-state index in [1.807, 2.05) is 0 Å². The third-order valence-electron chi connectivity index (χ3n) is 2.54. The van der Waals surface area contributed by atoms with E-state index in [-0.39, 0.29) is 17.7 Å². The second-order valence-electron chi connectivity index (χ2n) is 3.01. The highest BCUT2D eigenvalue weighted by Crippen LogP contribution is 2.55. The summed E-state index contributed by atoms with van der Waals surface area (Å²) in [7, 11) is 3.37. The van der Waals surface area contributed by atoms with Gasteiger partial charge in [-0.05, 0) is 0 Å². The first kappa shape index (κ1) is 8.93. The summed E-state index contributed by atoms with van der Waals surface area (Å²) in [5.41, 5.74) is 0. The van der Waals surface area contributed by atoms with Gasteiger partial charge in [-0.25, -0.2) is 0 Å². The Bertz CT molecular complexity index is 138. The number of fused-ring (bicyclic) bond motifs is 1. The van der Waals surface area contributed by atoms with Crippen molar-refractivity contribution in [1.29, 1.82) is 0 Å². The minimum Gasteiger partial charge on any atom is -0.353 e. The van der Waals surface area contributed by atoms with Crippen LogP contribution in [0.2, 0.25) is 0 Å². The molecular formula is C7H15NO3. The minimum absolute atomic E-state index is 0. The molecule has 4 heteroatoms. The summed E-state index contributed by atoms with van der Waals surface area (Å²) in [4.78, 5) is 0. The van der Waals surface area contributed by atoms with Gasteiger partial charge >= 0.3 is 0 Å². The SMILES string of the molecule is COC12CCC(OC)(C1)O2.N. The third-order valence-corrected chi connectivity index (χ3v) is 2.54. The molecule has 3 fully saturated rings. The minimum atomic E-state index is -0.282. The van der Waals surface area contributed by atoms with Crippen LogP contribution in [0.4, 0.5) is 0 Å². The molecule has 3 aliphatic rings. The molecule has 0 spiro atoms. The molecule has 3 N–H and O–H groups in total. The molecule has 66 valence electrons. The fourth-order valence-electron chi connectivity index (χ4n) is 1.83. The topological polar surface area (TPSA) is 62.7 Å². The number of hydrogen-bond donors (Lipinski definition) is 1. The first-order chi connectivity index (χ1) is 4.74. The Hall–Kier alpha value is -0.160. The van der Waals surface area contributed by atoms with E-state index in [1.54, 1.807) is 14.2 Å². The smallest absolute Gasteiger partial charge is 0.176 e. The van der Waals surface area contributed by atoms with Crippen molar-refractivity contribution in [2.75, 3.05) is 14.2 Å². The van der Waals surface area contributed by atoms with E-state index in [0.29, 0.717) is 0 Å². The molecule has 3 rings (SSSR count). The van der Waals surface area contributed by atoms with E-state index < -0.39 is 0 Å². The highest BCUT2D eigenvalue weighted by molar-refractivity contribution is 5.00. The second-order valence-corrected chi connectivity index (χ2v) is 3.01. The number of hydrogen-bond acceptors (Lipinski definition) is 4. The molecule has 4 nitrogen and oxygen atoms in total. The van der Waals surface area contributed by atoms with Crippen LogP contribution >= 0.6 is 0 Å². The molecule has 0 radical (unpaired) electrons. The fraction of sp³-hybridized carbons (Fsp3) is 1.00. The largest absolute Gasteiger partial charge is 0.353 e. The quantitative estimate of drug-likeness (QED) is 0.657. The van der Waals surface area contributed by atoms with Gasteiger partial charge in [0.15, 0.2) is 11.6 Å². The lowest BCUT2D eigenvalue weighted by molar-refractivity contribution is -0.404. The van der Waals surface area contributed by atoms with Gasteiger partial charge in [0.2, 0.25) is 0 Å². The first-order valence-corrected chi connectivity index (χ1v) is 3.55.